The van der Waals surface area contributed by atoms with E-state index in [4.69, 9.17) is 0 Å². The van der Waals surface area contributed by atoms with E-state index in [0.717, 1.165) is 5.56 Å². The third kappa shape index (κ3) is 2.28. The Labute approximate surface area is 115 Å². The average molecular weight is 287 g/mol. The second-order valence-corrected chi connectivity index (χ2v) is 5.64. The number of alkyl halides is 3. The molecule has 0 saturated heterocycles. The third-order valence-electron chi connectivity index (χ3n) is 3.73. The molecule has 1 unspecified atom stereocenters. The molecule has 110 valence electrons. The van der Waals surface area contributed by atoms with E-state index in [2.05, 4.69) is 0 Å². The van der Waals surface area contributed by atoms with E-state index in [0.29, 0.717) is 10.5 Å². The number of aryl methyl sites for hydroxylation is 1. The molecule has 6 heteroatoms. The van der Waals surface area contributed by atoms with Crippen LogP contribution in [0.2, 0.25) is 0 Å². The maximum atomic E-state index is 12.8. The van der Waals surface area contributed by atoms with Crippen LogP contribution in [0.4, 0.5) is 18.9 Å². The number of hydrogen-bond donors (Lipinski definition) is 1. The highest BCUT2D eigenvalue weighted by molar-refractivity contribution is 5.99. The number of halogens is 3. The molecule has 1 amide bonds. The van der Waals surface area contributed by atoms with Gasteiger partial charge in [0.25, 0.3) is 0 Å². The molecule has 0 saturated carbocycles. The summed E-state index contributed by atoms with van der Waals surface area (Å²) in [5.74, 6) is -1.95. The van der Waals surface area contributed by atoms with E-state index in [-0.39, 0.29) is 12.1 Å². The third-order valence-corrected chi connectivity index (χ3v) is 3.73. The number of aliphatic hydroxyl groups is 1. The summed E-state index contributed by atoms with van der Waals surface area (Å²) in [4.78, 5) is 12.4. The number of carbonyl (C=O) groups is 1. The normalized spacial score (nSPS) is 21.6. The number of fused-ring (bicyclic) bond motifs is 1. The smallest absolute Gasteiger partial charge is 0.390 e. The van der Waals surface area contributed by atoms with Crippen molar-refractivity contribution in [1.29, 1.82) is 0 Å². The van der Waals surface area contributed by atoms with Crippen molar-refractivity contribution in [3.63, 3.8) is 0 Å². The van der Waals surface area contributed by atoms with Gasteiger partial charge in [-0.15, -0.1) is 0 Å². The molecule has 1 aliphatic heterocycles. The Morgan fingerprint density at radius 1 is 1.40 bits per heavy atom. The van der Waals surface area contributed by atoms with Gasteiger partial charge in [-0.25, -0.2) is 0 Å². The fourth-order valence-corrected chi connectivity index (χ4v) is 2.51. The molecule has 3 nitrogen and oxygen atoms in total. The Kier molecular flexibility index (Phi) is 3.32. The van der Waals surface area contributed by atoms with Crippen LogP contribution in [0, 0.1) is 6.92 Å². The van der Waals surface area contributed by atoms with Gasteiger partial charge in [0.1, 0.15) is 0 Å². The van der Waals surface area contributed by atoms with Crippen molar-refractivity contribution in [2.75, 3.05) is 4.90 Å². The zero-order valence-corrected chi connectivity index (χ0v) is 11.5. The first-order chi connectivity index (χ1) is 9.05. The van der Waals surface area contributed by atoms with Crippen LogP contribution in [0.25, 0.3) is 0 Å². The van der Waals surface area contributed by atoms with Crippen molar-refractivity contribution < 1.29 is 23.1 Å². The Hall–Kier alpha value is -1.56. The molecule has 1 heterocycles. The predicted molar refractivity (Wildman–Crippen MR) is 68.5 cm³/mol. The van der Waals surface area contributed by atoms with Crippen LogP contribution in [-0.2, 0) is 11.2 Å². The highest BCUT2D eigenvalue weighted by atomic mass is 19.4. The summed E-state index contributed by atoms with van der Waals surface area (Å²) >= 11 is 0. The topological polar surface area (TPSA) is 40.5 Å². The first-order valence-electron chi connectivity index (χ1n) is 6.24. The molecule has 0 spiro atoms. The van der Waals surface area contributed by atoms with Crippen LogP contribution >= 0.6 is 0 Å². The minimum atomic E-state index is -4.98. The molecule has 0 radical (unpaired) electrons. The van der Waals surface area contributed by atoms with Crippen LogP contribution in [0.5, 0.6) is 0 Å². The average Bonchev–Trinajstić information content (AvgIpc) is 2.29. The number of rotatable bonds is 0. The predicted octanol–water partition coefficient (Wildman–Crippen LogP) is 2.59. The highest BCUT2D eigenvalue weighted by Crippen LogP contribution is 2.39. The Morgan fingerprint density at radius 3 is 2.55 bits per heavy atom. The number of amides is 1. The van der Waals surface area contributed by atoms with E-state index in [1.807, 2.05) is 6.92 Å². The van der Waals surface area contributed by atoms with Crippen LogP contribution in [0.15, 0.2) is 18.2 Å². The number of anilines is 1. The minimum Gasteiger partial charge on any atom is -0.390 e. The van der Waals surface area contributed by atoms with Crippen molar-refractivity contribution in [1.82, 2.24) is 0 Å². The fourth-order valence-electron chi connectivity index (χ4n) is 2.51. The van der Waals surface area contributed by atoms with E-state index in [1.54, 1.807) is 12.1 Å². The molecule has 1 atom stereocenters. The van der Waals surface area contributed by atoms with Crippen molar-refractivity contribution in [3.05, 3.63) is 29.3 Å². The molecule has 1 aromatic carbocycles. The minimum absolute atomic E-state index is 0.216. The van der Waals surface area contributed by atoms with Gasteiger partial charge in [-0.2, -0.15) is 13.2 Å². The molecule has 0 bridgehead atoms. The van der Waals surface area contributed by atoms with Gasteiger partial charge < -0.3 is 5.11 Å². The summed E-state index contributed by atoms with van der Waals surface area (Å²) in [6.45, 7) is 4.68. The summed E-state index contributed by atoms with van der Waals surface area (Å²) in [5.41, 5.74) is 0.326. The number of benzene rings is 1. The van der Waals surface area contributed by atoms with Crippen LogP contribution in [-0.4, -0.2) is 28.8 Å². The van der Waals surface area contributed by atoms with Gasteiger partial charge in [-0.3, -0.25) is 9.69 Å². The quantitative estimate of drug-likeness (QED) is 0.796. The summed E-state index contributed by atoms with van der Waals surface area (Å²) in [7, 11) is 0. The van der Waals surface area contributed by atoms with Gasteiger partial charge in [0.2, 0.25) is 0 Å². The fraction of sp³-hybridized carbons (Fsp3) is 0.500. The lowest BCUT2D eigenvalue weighted by molar-refractivity contribution is -0.172. The number of aliphatic hydroxyl groups excluding tert-OH is 1. The van der Waals surface area contributed by atoms with E-state index >= 15 is 0 Å². The van der Waals surface area contributed by atoms with Crippen molar-refractivity contribution in [2.24, 2.45) is 0 Å². The molecular weight excluding hydrogens is 271 g/mol. The first kappa shape index (κ1) is 14.8. The molecule has 2 rings (SSSR count). The Balaban J connectivity index is 2.60. The number of hydrogen-bond acceptors (Lipinski definition) is 2. The largest absolute Gasteiger partial charge is 0.471 e. The van der Waals surface area contributed by atoms with Gasteiger partial charge >= 0.3 is 12.1 Å². The van der Waals surface area contributed by atoms with Crippen LogP contribution < -0.4 is 4.90 Å². The second-order valence-electron chi connectivity index (χ2n) is 5.64. The summed E-state index contributed by atoms with van der Waals surface area (Å²) < 4.78 is 38.4. The van der Waals surface area contributed by atoms with Gasteiger partial charge in [0.15, 0.2) is 0 Å². The van der Waals surface area contributed by atoms with Crippen LogP contribution in [0.1, 0.15) is 25.0 Å². The molecule has 0 aliphatic carbocycles. The standard InChI is InChI=1S/C14H16F3NO2/c1-8-4-5-10-9(6-8)7-11(19)13(2,3)18(10)12(20)14(15,16)17/h4-6,11,19H,7H2,1-3H3. The van der Waals surface area contributed by atoms with Crippen molar-refractivity contribution in [3.8, 4) is 0 Å². The monoisotopic (exact) mass is 287 g/mol. The Morgan fingerprint density at radius 2 is 2.00 bits per heavy atom. The zero-order valence-electron chi connectivity index (χ0n) is 11.5. The number of carbonyl (C=O) groups excluding carboxylic acids is 1. The van der Waals surface area contributed by atoms with E-state index in [9.17, 15) is 23.1 Å². The Bertz CT molecular complexity index is 552. The molecule has 1 aromatic rings. The summed E-state index contributed by atoms with van der Waals surface area (Å²) in [6, 6.07) is 4.86. The maximum absolute atomic E-state index is 12.8. The lowest BCUT2D eigenvalue weighted by Gasteiger charge is -2.46. The molecule has 1 N–H and O–H groups in total. The molecule has 0 fully saturated rings. The zero-order chi connectivity index (χ0) is 15.3. The number of nitrogens with zero attached hydrogens (tertiary/aromatic N) is 1. The van der Waals surface area contributed by atoms with Gasteiger partial charge in [0, 0.05) is 12.1 Å². The second kappa shape index (κ2) is 4.48. The maximum Gasteiger partial charge on any atom is 0.471 e. The van der Waals surface area contributed by atoms with Gasteiger partial charge in [-0.1, -0.05) is 17.7 Å². The van der Waals surface area contributed by atoms with Gasteiger partial charge in [-0.05, 0) is 32.4 Å². The molecule has 20 heavy (non-hydrogen) atoms. The van der Waals surface area contributed by atoms with Crippen LogP contribution in [0.3, 0.4) is 0 Å². The molecular formula is C14H16F3NO2. The molecule has 0 aromatic heterocycles. The summed E-state index contributed by atoms with van der Waals surface area (Å²) in [6.07, 6.45) is -5.80. The highest BCUT2D eigenvalue weighted by Gasteiger charge is 2.52. The SMILES string of the molecule is Cc1ccc2c(c1)CC(O)C(C)(C)N2C(=O)C(F)(F)F. The first-order valence-corrected chi connectivity index (χ1v) is 6.24. The molecule has 1 aliphatic rings. The van der Waals surface area contributed by atoms with Crippen molar-refractivity contribution in [2.45, 2.75) is 45.0 Å². The van der Waals surface area contributed by atoms with E-state index in [1.165, 1.54) is 19.9 Å². The lowest BCUT2D eigenvalue weighted by atomic mass is 9.83. The summed E-state index contributed by atoms with van der Waals surface area (Å²) in [5, 5.41) is 10.1. The lowest BCUT2D eigenvalue weighted by Crippen LogP contribution is -2.61. The van der Waals surface area contributed by atoms with Crippen molar-refractivity contribution >= 4 is 11.6 Å². The van der Waals surface area contributed by atoms with Gasteiger partial charge in [0.05, 0.1) is 11.6 Å². The van der Waals surface area contributed by atoms with E-state index < -0.39 is 23.7 Å².